The van der Waals surface area contributed by atoms with Crippen molar-refractivity contribution in [3.63, 3.8) is 0 Å². The quantitative estimate of drug-likeness (QED) is 0.782. The lowest BCUT2D eigenvalue weighted by molar-refractivity contribution is -0.141. The van der Waals surface area contributed by atoms with Gasteiger partial charge in [-0.05, 0) is 26.0 Å². The summed E-state index contributed by atoms with van der Waals surface area (Å²) in [5.41, 5.74) is 2.24. The van der Waals surface area contributed by atoms with Crippen molar-refractivity contribution in [2.45, 2.75) is 13.8 Å². The van der Waals surface area contributed by atoms with Crippen LogP contribution < -0.4 is 5.32 Å². The minimum absolute atomic E-state index is 0.281. The number of methoxy groups -OCH3 is 1. The molecule has 1 N–H and O–H groups in total. The standard InChI is InChI=1S/C17H19N3O5/c1-11-16(12(2)20(19-11)13-7-5-4-6-8-13)17(23)25-10-14(21)18-9-15(22)24-3/h4-8H,9-10H2,1-3H3,(H,18,21). The topological polar surface area (TPSA) is 99.5 Å². The first-order chi connectivity index (χ1) is 11.9. The zero-order chi connectivity index (χ0) is 18.4. The van der Waals surface area contributed by atoms with Crippen molar-refractivity contribution >= 4 is 17.8 Å². The molecule has 0 radical (unpaired) electrons. The third kappa shape index (κ3) is 4.43. The molecule has 0 bridgehead atoms. The fraction of sp³-hybridized carbons (Fsp3) is 0.294. The van der Waals surface area contributed by atoms with Crippen LogP contribution in [-0.4, -0.2) is 47.9 Å². The highest BCUT2D eigenvalue weighted by molar-refractivity contribution is 5.93. The molecule has 0 spiro atoms. The number of ether oxygens (including phenoxy) is 2. The number of hydrogen-bond acceptors (Lipinski definition) is 6. The molecule has 0 atom stereocenters. The van der Waals surface area contributed by atoms with E-state index < -0.39 is 24.5 Å². The van der Waals surface area contributed by atoms with E-state index in [2.05, 4.69) is 15.2 Å². The third-order valence-electron chi connectivity index (χ3n) is 3.49. The second kappa shape index (κ2) is 8.09. The molecule has 1 aromatic carbocycles. The molecule has 8 nitrogen and oxygen atoms in total. The van der Waals surface area contributed by atoms with Crippen molar-refractivity contribution < 1.29 is 23.9 Å². The van der Waals surface area contributed by atoms with Gasteiger partial charge in [0.05, 0.1) is 24.2 Å². The molecule has 1 aromatic heterocycles. The smallest absolute Gasteiger partial charge is 0.342 e. The summed E-state index contributed by atoms with van der Waals surface area (Å²) in [5.74, 6) is -1.83. The molecule has 0 aliphatic rings. The number of nitrogens with one attached hydrogen (secondary N) is 1. The Bertz CT molecular complexity index is 783. The average molecular weight is 345 g/mol. The average Bonchev–Trinajstić information content (AvgIpc) is 2.92. The Balaban J connectivity index is 2.04. The number of aryl methyl sites for hydroxylation is 1. The van der Waals surface area contributed by atoms with Crippen LogP contribution >= 0.6 is 0 Å². The Morgan fingerprint density at radius 1 is 1.16 bits per heavy atom. The molecule has 2 aromatic rings. The summed E-state index contributed by atoms with van der Waals surface area (Å²) in [6.45, 7) is 2.67. The Morgan fingerprint density at radius 2 is 1.84 bits per heavy atom. The summed E-state index contributed by atoms with van der Waals surface area (Å²) in [4.78, 5) is 34.8. The molecular formula is C17H19N3O5. The lowest BCUT2D eigenvalue weighted by Crippen LogP contribution is -2.33. The van der Waals surface area contributed by atoms with Crippen LogP contribution in [0.25, 0.3) is 5.69 Å². The molecule has 2 rings (SSSR count). The Labute approximate surface area is 144 Å². The number of esters is 2. The van der Waals surface area contributed by atoms with Gasteiger partial charge >= 0.3 is 11.9 Å². The van der Waals surface area contributed by atoms with E-state index in [1.54, 1.807) is 18.5 Å². The van der Waals surface area contributed by atoms with Gasteiger partial charge in [0, 0.05) is 0 Å². The van der Waals surface area contributed by atoms with Crippen LogP contribution in [0.4, 0.5) is 0 Å². The maximum atomic E-state index is 12.3. The predicted octanol–water partition coefficient (Wildman–Crippen LogP) is 0.935. The highest BCUT2D eigenvalue weighted by Gasteiger charge is 2.21. The first-order valence-corrected chi connectivity index (χ1v) is 7.56. The second-order valence-corrected chi connectivity index (χ2v) is 5.22. The number of amides is 1. The highest BCUT2D eigenvalue weighted by Crippen LogP contribution is 2.18. The summed E-state index contributed by atoms with van der Waals surface area (Å²) in [7, 11) is 1.21. The highest BCUT2D eigenvalue weighted by atomic mass is 16.5. The summed E-state index contributed by atoms with van der Waals surface area (Å²) in [6.07, 6.45) is 0. The molecule has 0 saturated heterocycles. The van der Waals surface area contributed by atoms with Gasteiger partial charge in [0.2, 0.25) is 0 Å². The molecule has 132 valence electrons. The van der Waals surface area contributed by atoms with Gasteiger partial charge in [-0.15, -0.1) is 0 Å². The zero-order valence-electron chi connectivity index (χ0n) is 14.2. The summed E-state index contributed by atoms with van der Waals surface area (Å²) in [6, 6.07) is 9.37. The number of rotatable bonds is 6. The minimum Gasteiger partial charge on any atom is -0.468 e. The van der Waals surface area contributed by atoms with Crippen LogP contribution in [0, 0.1) is 13.8 Å². The molecule has 8 heteroatoms. The Morgan fingerprint density at radius 3 is 2.48 bits per heavy atom. The van der Waals surface area contributed by atoms with Crippen LogP contribution in [0.2, 0.25) is 0 Å². The molecule has 0 fully saturated rings. The maximum absolute atomic E-state index is 12.3. The maximum Gasteiger partial charge on any atom is 0.342 e. The molecule has 0 saturated carbocycles. The van der Waals surface area contributed by atoms with Crippen molar-refractivity contribution in [3.8, 4) is 5.69 Å². The number of nitrogens with zero attached hydrogens (tertiary/aromatic N) is 2. The predicted molar refractivity (Wildman–Crippen MR) is 88.3 cm³/mol. The summed E-state index contributed by atoms with van der Waals surface area (Å²) in [5, 5.41) is 6.64. The Hall–Kier alpha value is -3.16. The number of hydrogen-bond donors (Lipinski definition) is 1. The van der Waals surface area contributed by atoms with Crippen molar-refractivity contribution in [1.29, 1.82) is 0 Å². The second-order valence-electron chi connectivity index (χ2n) is 5.22. The van der Waals surface area contributed by atoms with E-state index in [9.17, 15) is 14.4 Å². The number of aromatic nitrogens is 2. The van der Waals surface area contributed by atoms with Crippen molar-refractivity contribution in [2.24, 2.45) is 0 Å². The van der Waals surface area contributed by atoms with Gasteiger partial charge in [0.15, 0.2) is 6.61 Å². The van der Waals surface area contributed by atoms with E-state index in [4.69, 9.17) is 4.74 Å². The lowest BCUT2D eigenvalue weighted by Gasteiger charge is -2.07. The molecule has 0 aliphatic carbocycles. The minimum atomic E-state index is -0.648. The van der Waals surface area contributed by atoms with Gasteiger partial charge < -0.3 is 14.8 Å². The number of para-hydroxylation sites is 1. The number of benzene rings is 1. The van der Waals surface area contributed by atoms with Crippen LogP contribution in [0.1, 0.15) is 21.7 Å². The van der Waals surface area contributed by atoms with Gasteiger partial charge in [0.1, 0.15) is 12.1 Å². The van der Waals surface area contributed by atoms with Gasteiger partial charge in [-0.2, -0.15) is 5.10 Å². The Kier molecular flexibility index (Phi) is 5.89. The van der Waals surface area contributed by atoms with Crippen LogP contribution in [0.15, 0.2) is 30.3 Å². The largest absolute Gasteiger partial charge is 0.468 e. The van der Waals surface area contributed by atoms with E-state index in [0.29, 0.717) is 17.0 Å². The molecular weight excluding hydrogens is 326 g/mol. The zero-order valence-corrected chi connectivity index (χ0v) is 14.2. The fourth-order valence-electron chi connectivity index (χ4n) is 2.26. The molecule has 0 aliphatic heterocycles. The fourth-order valence-corrected chi connectivity index (χ4v) is 2.26. The lowest BCUT2D eigenvalue weighted by atomic mass is 10.2. The summed E-state index contributed by atoms with van der Waals surface area (Å²) >= 11 is 0. The summed E-state index contributed by atoms with van der Waals surface area (Å²) < 4.78 is 11.1. The normalized spacial score (nSPS) is 10.2. The van der Waals surface area contributed by atoms with E-state index in [1.807, 2.05) is 30.3 Å². The van der Waals surface area contributed by atoms with Gasteiger partial charge in [-0.25, -0.2) is 9.48 Å². The van der Waals surface area contributed by atoms with Crippen LogP contribution in [-0.2, 0) is 19.1 Å². The molecule has 25 heavy (non-hydrogen) atoms. The van der Waals surface area contributed by atoms with Crippen molar-refractivity contribution in [1.82, 2.24) is 15.1 Å². The molecule has 0 unspecified atom stereocenters. The van der Waals surface area contributed by atoms with E-state index >= 15 is 0 Å². The van der Waals surface area contributed by atoms with E-state index in [1.165, 1.54) is 7.11 Å². The first-order valence-electron chi connectivity index (χ1n) is 7.56. The SMILES string of the molecule is COC(=O)CNC(=O)COC(=O)c1c(C)nn(-c2ccccc2)c1C. The van der Waals surface area contributed by atoms with Gasteiger partial charge in [0.25, 0.3) is 5.91 Å². The van der Waals surface area contributed by atoms with Crippen molar-refractivity contribution in [2.75, 3.05) is 20.3 Å². The van der Waals surface area contributed by atoms with E-state index in [0.717, 1.165) is 5.69 Å². The number of carbonyl (C=O) groups excluding carboxylic acids is 3. The molecule has 1 amide bonds. The van der Waals surface area contributed by atoms with Crippen molar-refractivity contribution in [3.05, 3.63) is 47.3 Å². The first kappa shape index (κ1) is 18.2. The third-order valence-corrected chi connectivity index (χ3v) is 3.49. The van der Waals surface area contributed by atoms with Crippen LogP contribution in [0.5, 0.6) is 0 Å². The van der Waals surface area contributed by atoms with E-state index in [-0.39, 0.29) is 6.54 Å². The van der Waals surface area contributed by atoms with Gasteiger partial charge in [-0.1, -0.05) is 18.2 Å². The van der Waals surface area contributed by atoms with Crippen LogP contribution in [0.3, 0.4) is 0 Å². The monoisotopic (exact) mass is 345 g/mol. The molecule has 1 heterocycles. The number of carbonyl (C=O) groups is 3. The van der Waals surface area contributed by atoms with Gasteiger partial charge in [-0.3, -0.25) is 9.59 Å².